The SMILES string of the molecule is CCN=C1C([N+](=O)[O-])=CC=C2C1=NCN2O. The van der Waals surface area contributed by atoms with E-state index in [9.17, 15) is 15.3 Å². The van der Waals surface area contributed by atoms with Crippen molar-refractivity contribution < 1.29 is 10.1 Å². The van der Waals surface area contributed by atoms with Gasteiger partial charge in [0.1, 0.15) is 12.4 Å². The quantitative estimate of drug-likeness (QED) is 0.421. The smallest absolute Gasteiger partial charge is 0.287 e. The van der Waals surface area contributed by atoms with Crippen LogP contribution in [-0.2, 0) is 0 Å². The highest BCUT2D eigenvalue weighted by atomic mass is 16.6. The van der Waals surface area contributed by atoms with Crippen LogP contribution in [0.15, 0.2) is 33.5 Å². The molecular weight excluding hydrogens is 212 g/mol. The Morgan fingerprint density at radius 2 is 2.44 bits per heavy atom. The van der Waals surface area contributed by atoms with Crippen molar-refractivity contribution in [2.75, 3.05) is 13.2 Å². The number of aliphatic imine (C=N–C) groups is 2. The highest BCUT2D eigenvalue weighted by molar-refractivity contribution is 6.54. The molecule has 0 radical (unpaired) electrons. The largest absolute Gasteiger partial charge is 0.296 e. The molecule has 0 saturated carbocycles. The molecule has 0 saturated heterocycles. The molecule has 0 bridgehead atoms. The lowest BCUT2D eigenvalue weighted by Gasteiger charge is -2.14. The summed E-state index contributed by atoms with van der Waals surface area (Å²) in [5.41, 5.74) is 0.998. The lowest BCUT2D eigenvalue weighted by atomic mass is 10.0. The molecular formula is C9H10N4O3. The molecule has 0 aromatic carbocycles. The highest BCUT2D eigenvalue weighted by Crippen LogP contribution is 2.21. The van der Waals surface area contributed by atoms with E-state index in [0.29, 0.717) is 18.0 Å². The van der Waals surface area contributed by atoms with Crippen LogP contribution >= 0.6 is 0 Å². The van der Waals surface area contributed by atoms with Gasteiger partial charge in [0.2, 0.25) is 0 Å². The number of rotatable bonds is 2. The Hall–Kier alpha value is -2.02. The second kappa shape index (κ2) is 3.86. The molecule has 2 rings (SSSR count). The maximum atomic E-state index is 10.8. The van der Waals surface area contributed by atoms with Gasteiger partial charge in [-0.25, -0.2) is 5.06 Å². The summed E-state index contributed by atoms with van der Waals surface area (Å²) < 4.78 is 0. The summed E-state index contributed by atoms with van der Waals surface area (Å²) in [5, 5.41) is 21.2. The molecule has 0 amide bonds. The lowest BCUT2D eigenvalue weighted by molar-refractivity contribution is -0.414. The molecule has 7 nitrogen and oxygen atoms in total. The number of hydroxylamine groups is 2. The number of hydrogen-bond acceptors (Lipinski definition) is 6. The minimum absolute atomic E-state index is 0.0837. The molecule has 1 heterocycles. The number of nitrogens with zero attached hydrogens (tertiary/aromatic N) is 4. The maximum absolute atomic E-state index is 10.8. The van der Waals surface area contributed by atoms with E-state index < -0.39 is 4.92 Å². The Morgan fingerprint density at radius 3 is 3.06 bits per heavy atom. The number of hydrogen-bond donors (Lipinski definition) is 1. The van der Waals surface area contributed by atoms with E-state index in [1.54, 1.807) is 6.92 Å². The number of fused-ring (bicyclic) bond motifs is 1. The first-order valence-corrected chi connectivity index (χ1v) is 4.78. The first kappa shape index (κ1) is 10.5. The average molecular weight is 222 g/mol. The van der Waals surface area contributed by atoms with Gasteiger partial charge in [-0.15, -0.1) is 0 Å². The fraction of sp³-hybridized carbons (Fsp3) is 0.333. The zero-order valence-electron chi connectivity index (χ0n) is 8.62. The van der Waals surface area contributed by atoms with Gasteiger partial charge in [-0.05, 0) is 13.0 Å². The van der Waals surface area contributed by atoms with E-state index in [4.69, 9.17) is 0 Å². The molecule has 1 N–H and O–H groups in total. The Balaban J connectivity index is 2.50. The standard InChI is InChI=1S/C9H10N4O3/c1-2-10-9-7(13(15)16)4-3-6-8(9)11-5-12(6)14/h3-4,14H,2,5H2,1H3. The predicted octanol–water partition coefficient (Wildman–Crippen LogP) is 0.609. The molecule has 7 heteroatoms. The van der Waals surface area contributed by atoms with Gasteiger partial charge in [-0.1, -0.05) is 0 Å². The van der Waals surface area contributed by atoms with E-state index in [1.165, 1.54) is 12.2 Å². The van der Waals surface area contributed by atoms with Crippen molar-refractivity contribution in [3.05, 3.63) is 33.7 Å². The van der Waals surface area contributed by atoms with Crippen LogP contribution in [0.1, 0.15) is 6.92 Å². The van der Waals surface area contributed by atoms with Crippen molar-refractivity contribution in [3.63, 3.8) is 0 Å². The summed E-state index contributed by atoms with van der Waals surface area (Å²) in [6.45, 7) is 2.30. The van der Waals surface area contributed by atoms with Crippen molar-refractivity contribution in [2.24, 2.45) is 9.98 Å². The summed E-state index contributed by atoms with van der Waals surface area (Å²) in [4.78, 5) is 18.4. The monoisotopic (exact) mass is 222 g/mol. The Bertz CT molecular complexity index is 461. The normalized spacial score (nSPS) is 21.5. The third-order valence-corrected chi connectivity index (χ3v) is 2.26. The van der Waals surface area contributed by atoms with Gasteiger partial charge in [-0.2, -0.15) is 0 Å². The summed E-state index contributed by atoms with van der Waals surface area (Å²) in [7, 11) is 0. The third-order valence-electron chi connectivity index (χ3n) is 2.26. The van der Waals surface area contributed by atoms with Crippen molar-refractivity contribution in [1.29, 1.82) is 0 Å². The van der Waals surface area contributed by atoms with Crippen molar-refractivity contribution in [3.8, 4) is 0 Å². The van der Waals surface area contributed by atoms with Crippen molar-refractivity contribution in [1.82, 2.24) is 5.06 Å². The zero-order chi connectivity index (χ0) is 11.7. The molecule has 0 fully saturated rings. The second-order valence-corrected chi connectivity index (χ2v) is 3.23. The van der Waals surface area contributed by atoms with Crippen LogP contribution in [0.25, 0.3) is 0 Å². The summed E-state index contributed by atoms with van der Waals surface area (Å²) in [6, 6.07) is 0. The van der Waals surface area contributed by atoms with Gasteiger partial charge in [0.15, 0.2) is 5.71 Å². The minimum atomic E-state index is -0.496. The van der Waals surface area contributed by atoms with Crippen molar-refractivity contribution >= 4 is 11.4 Å². The molecule has 1 aliphatic heterocycles. The summed E-state index contributed by atoms with van der Waals surface area (Å²) >= 11 is 0. The van der Waals surface area contributed by atoms with E-state index in [1.807, 2.05) is 0 Å². The van der Waals surface area contributed by atoms with Crippen molar-refractivity contribution in [2.45, 2.75) is 6.92 Å². The molecule has 0 aromatic rings. The molecule has 0 atom stereocenters. The van der Waals surface area contributed by atoms with Gasteiger partial charge in [0.25, 0.3) is 5.70 Å². The zero-order valence-corrected chi connectivity index (χ0v) is 8.62. The van der Waals surface area contributed by atoms with Gasteiger partial charge in [0.05, 0.1) is 10.6 Å². The Morgan fingerprint density at radius 1 is 1.69 bits per heavy atom. The number of nitro groups is 1. The molecule has 0 unspecified atom stereocenters. The first-order chi connectivity index (χ1) is 7.65. The van der Waals surface area contributed by atoms with E-state index in [-0.39, 0.29) is 18.1 Å². The van der Waals surface area contributed by atoms with Gasteiger partial charge < -0.3 is 0 Å². The van der Waals surface area contributed by atoms with Crippen LogP contribution in [0.3, 0.4) is 0 Å². The molecule has 0 spiro atoms. The van der Waals surface area contributed by atoms with Crippen LogP contribution in [0, 0.1) is 10.1 Å². The van der Waals surface area contributed by atoms with Crippen LogP contribution < -0.4 is 0 Å². The minimum Gasteiger partial charge on any atom is -0.287 e. The lowest BCUT2D eigenvalue weighted by Crippen LogP contribution is -2.28. The molecule has 2 aliphatic rings. The third kappa shape index (κ3) is 1.50. The maximum Gasteiger partial charge on any atom is 0.296 e. The molecule has 84 valence electrons. The number of allylic oxidation sites excluding steroid dienone is 4. The fourth-order valence-corrected chi connectivity index (χ4v) is 1.60. The van der Waals surface area contributed by atoms with Crippen LogP contribution in [0.2, 0.25) is 0 Å². The van der Waals surface area contributed by atoms with Crippen LogP contribution in [0.5, 0.6) is 0 Å². The summed E-state index contributed by atoms with van der Waals surface area (Å²) in [6.07, 6.45) is 2.80. The van der Waals surface area contributed by atoms with E-state index in [0.717, 1.165) is 5.06 Å². The average Bonchev–Trinajstić information content (AvgIpc) is 2.61. The summed E-state index contributed by atoms with van der Waals surface area (Å²) in [5.74, 6) is 0. The van der Waals surface area contributed by atoms with Gasteiger partial charge >= 0.3 is 0 Å². The fourth-order valence-electron chi connectivity index (χ4n) is 1.60. The Labute approximate surface area is 91.2 Å². The first-order valence-electron chi connectivity index (χ1n) is 4.78. The topological polar surface area (TPSA) is 91.3 Å². The van der Waals surface area contributed by atoms with E-state index in [2.05, 4.69) is 9.98 Å². The second-order valence-electron chi connectivity index (χ2n) is 3.23. The Kier molecular flexibility index (Phi) is 2.53. The predicted molar refractivity (Wildman–Crippen MR) is 57.1 cm³/mol. The molecule has 16 heavy (non-hydrogen) atoms. The van der Waals surface area contributed by atoms with E-state index >= 15 is 0 Å². The molecule has 0 aromatic heterocycles. The molecule has 1 aliphatic carbocycles. The van der Waals surface area contributed by atoms with Gasteiger partial charge in [-0.3, -0.25) is 25.3 Å². The van der Waals surface area contributed by atoms with Crippen LogP contribution in [0.4, 0.5) is 0 Å². The highest BCUT2D eigenvalue weighted by Gasteiger charge is 2.34. The van der Waals surface area contributed by atoms with Gasteiger partial charge in [0, 0.05) is 12.6 Å². The van der Waals surface area contributed by atoms with Crippen LogP contribution in [-0.4, -0.2) is 39.8 Å².